The minimum absolute atomic E-state index is 0.247. The third kappa shape index (κ3) is 5.63. The fourth-order valence-corrected chi connectivity index (χ4v) is 8.27. The first-order valence-corrected chi connectivity index (χ1v) is 16.9. The number of amides is 2. The molecule has 2 N–H and O–H groups in total. The van der Waals surface area contributed by atoms with Gasteiger partial charge in [0.2, 0.25) is 11.9 Å². The molecular weight excluding hydrogens is 564 g/mol. The minimum Gasteiger partial charge on any atom is -0.371 e. The molecule has 6 aliphatic rings. The molecule has 236 valence electrons. The standard InChI is InChI=1S/C35H44N8O2/c1-23-3-4-24(2)43(23)33-39-31(38-32(40-33)42-21-29-13-14-30(22-42)45-29)25-5-9-27(10-6-25)36-34(44)37-28-11-7-26(8-12-28)35-15-18-41(19-16-35)20-17-35/h5-12,23-24,29-30H,3-4,13-22H2,1-2H3,(H2,36,37,44)/t23-,24+,29?,30?. The van der Waals surface area contributed by atoms with E-state index in [-0.39, 0.29) is 18.2 Å². The Hall–Kier alpha value is -3.76. The van der Waals surface area contributed by atoms with Gasteiger partial charge in [0.15, 0.2) is 5.82 Å². The summed E-state index contributed by atoms with van der Waals surface area (Å²) in [5, 5.41) is 5.98. The quantitative estimate of drug-likeness (QED) is 0.370. The SMILES string of the molecule is C[C@@H]1CC[C@H](C)N1c1nc(-c2ccc(NC(=O)Nc3ccc(C45CCN(CC4)CC5)cc3)cc2)nc(N2CC3CCC(C2)O3)n1. The number of piperidine rings is 3. The highest BCUT2D eigenvalue weighted by Gasteiger charge is 2.40. The Labute approximate surface area is 265 Å². The Kier molecular flexibility index (Phi) is 7.37. The molecule has 6 fully saturated rings. The summed E-state index contributed by atoms with van der Waals surface area (Å²) in [4.78, 5) is 35.0. The van der Waals surface area contributed by atoms with Gasteiger partial charge in [-0.2, -0.15) is 15.0 Å². The number of hydrogen-bond acceptors (Lipinski definition) is 8. The lowest BCUT2D eigenvalue weighted by Crippen LogP contribution is -2.50. The maximum Gasteiger partial charge on any atom is 0.323 e. The van der Waals surface area contributed by atoms with E-state index >= 15 is 0 Å². The summed E-state index contributed by atoms with van der Waals surface area (Å²) >= 11 is 0. The van der Waals surface area contributed by atoms with Crippen molar-refractivity contribution in [1.82, 2.24) is 19.9 Å². The summed E-state index contributed by atoms with van der Waals surface area (Å²) in [6.45, 7) is 9.71. The molecule has 0 aliphatic carbocycles. The number of nitrogens with zero attached hydrogens (tertiary/aromatic N) is 6. The maximum absolute atomic E-state index is 12.9. The summed E-state index contributed by atoms with van der Waals surface area (Å²) in [7, 11) is 0. The number of rotatable bonds is 6. The molecule has 2 aromatic carbocycles. The molecule has 2 unspecified atom stereocenters. The number of nitrogens with one attached hydrogen (secondary N) is 2. The molecule has 6 aliphatic heterocycles. The lowest BCUT2D eigenvalue weighted by Gasteiger charge is -2.48. The van der Waals surface area contributed by atoms with Crippen LogP contribution in [0.15, 0.2) is 48.5 Å². The van der Waals surface area contributed by atoms with Crippen molar-refractivity contribution in [3.05, 3.63) is 54.1 Å². The van der Waals surface area contributed by atoms with E-state index in [0.717, 1.165) is 61.9 Å². The van der Waals surface area contributed by atoms with Crippen molar-refractivity contribution in [2.75, 3.05) is 53.2 Å². The van der Waals surface area contributed by atoms with Crippen molar-refractivity contribution in [1.29, 1.82) is 0 Å². The molecule has 45 heavy (non-hydrogen) atoms. The second kappa shape index (κ2) is 11.6. The van der Waals surface area contributed by atoms with E-state index in [1.165, 1.54) is 44.5 Å². The number of carbonyl (C=O) groups is 1. The average molecular weight is 609 g/mol. The second-order valence-electron chi connectivity index (χ2n) is 13.9. The number of urea groups is 1. The zero-order chi connectivity index (χ0) is 30.5. The highest BCUT2D eigenvalue weighted by Crippen LogP contribution is 2.43. The van der Waals surface area contributed by atoms with Crippen LogP contribution in [0.1, 0.15) is 64.4 Å². The largest absolute Gasteiger partial charge is 0.371 e. The molecule has 3 aromatic rings. The molecule has 10 nitrogen and oxygen atoms in total. The normalized spacial score (nSPS) is 30.5. The van der Waals surface area contributed by atoms with E-state index in [2.05, 4.69) is 51.3 Å². The maximum atomic E-state index is 12.9. The number of benzene rings is 2. The molecule has 0 radical (unpaired) electrons. The third-order valence-corrected chi connectivity index (χ3v) is 11.0. The summed E-state index contributed by atoms with van der Waals surface area (Å²) in [6.07, 6.45) is 8.64. The van der Waals surface area contributed by atoms with Gasteiger partial charge in [0.1, 0.15) is 0 Å². The van der Waals surface area contributed by atoms with E-state index in [0.29, 0.717) is 29.0 Å². The molecule has 0 saturated carbocycles. The Bertz CT molecular complexity index is 1500. The number of morpholine rings is 1. The van der Waals surface area contributed by atoms with Crippen molar-refractivity contribution in [3.63, 3.8) is 0 Å². The molecule has 0 spiro atoms. The Morgan fingerprint density at radius 2 is 1.31 bits per heavy atom. The predicted molar refractivity (Wildman–Crippen MR) is 177 cm³/mol. The Morgan fingerprint density at radius 3 is 1.91 bits per heavy atom. The van der Waals surface area contributed by atoms with Crippen LogP contribution in [0.25, 0.3) is 11.4 Å². The van der Waals surface area contributed by atoms with Gasteiger partial charge >= 0.3 is 6.03 Å². The lowest BCUT2D eigenvalue weighted by atomic mass is 9.67. The van der Waals surface area contributed by atoms with Gasteiger partial charge in [0.25, 0.3) is 0 Å². The van der Waals surface area contributed by atoms with Crippen LogP contribution in [-0.4, -0.2) is 82.9 Å². The third-order valence-electron chi connectivity index (χ3n) is 11.0. The van der Waals surface area contributed by atoms with Gasteiger partial charge in [0, 0.05) is 42.1 Å². The van der Waals surface area contributed by atoms with Gasteiger partial charge in [-0.05, 0) is 126 Å². The van der Waals surface area contributed by atoms with Crippen LogP contribution in [0.5, 0.6) is 0 Å². The van der Waals surface area contributed by atoms with Crippen molar-refractivity contribution >= 4 is 29.3 Å². The molecule has 4 atom stereocenters. The van der Waals surface area contributed by atoms with Crippen LogP contribution in [0, 0.1) is 0 Å². The fourth-order valence-electron chi connectivity index (χ4n) is 8.27. The molecule has 2 amide bonds. The van der Waals surface area contributed by atoms with Crippen LogP contribution in [0.4, 0.5) is 28.1 Å². The first kappa shape index (κ1) is 28.7. The number of carbonyl (C=O) groups excluding carboxylic acids is 1. The Morgan fingerprint density at radius 1 is 0.756 bits per heavy atom. The van der Waals surface area contributed by atoms with E-state index in [4.69, 9.17) is 19.7 Å². The van der Waals surface area contributed by atoms with Gasteiger partial charge < -0.3 is 30.1 Å². The van der Waals surface area contributed by atoms with Gasteiger partial charge in [0.05, 0.1) is 12.2 Å². The highest BCUT2D eigenvalue weighted by molar-refractivity contribution is 5.99. The summed E-state index contributed by atoms with van der Waals surface area (Å²) in [5.41, 5.74) is 4.11. The van der Waals surface area contributed by atoms with Crippen molar-refractivity contribution in [3.8, 4) is 11.4 Å². The van der Waals surface area contributed by atoms with Gasteiger partial charge in [-0.25, -0.2) is 4.79 Å². The predicted octanol–water partition coefficient (Wildman–Crippen LogP) is 5.66. The van der Waals surface area contributed by atoms with Gasteiger partial charge in [-0.3, -0.25) is 0 Å². The van der Waals surface area contributed by atoms with Crippen LogP contribution < -0.4 is 20.4 Å². The molecule has 7 heterocycles. The molecule has 4 bridgehead atoms. The lowest BCUT2D eigenvalue weighted by molar-refractivity contribution is 0.0299. The van der Waals surface area contributed by atoms with Crippen LogP contribution in [-0.2, 0) is 10.2 Å². The number of anilines is 4. The van der Waals surface area contributed by atoms with Crippen LogP contribution in [0.2, 0.25) is 0 Å². The number of aromatic nitrogens is 3. The summed E-state index contributed by atoms with van der Waals surface area (Å²) < 4.78 is 6.09. The highest BCUT2D eigenvalue weighted by atomic mass is 16.5. The zero-order valence-corrected chi connectivity index (χ0v) is 26.4. The molecule has 9 rings (SSSR count). The minimum atomic E-state index is -0.261. The van der Waals surface area contributed by atoms with Crippen molar-refractivity contribution in [2.24, 2.45) is 0 Å². The first-order chi connectivity index (χ1) is 21.9. The van der Waals surface area contributed by atoms with Crippen molar-refractivity contribution in [2.45, 2.75) is 88.5 Å². The monoisotopic (exact) mass is 608 g/mol. The van der Waals surface area contributed by atoms with Crippen LogP contribution in [0.3, 0.4) is 0 Å². The smallest absolute Gasteiger partial charge is 0.323 e. The van der Waals surface area contributed by atoms with Gasteiger partial charge in [-0.15, -0.1) is 0 Å². The summed E-state index contributed by atoms with van der Waals surface area (Å²) in [6, 6.07) is 16.7. The van der Waals surface area contributed by atoms with Crippen LogP contribution >= 0.6 is 0 Å². The number of fused-ring (bicyclic) bond motifs is 5. The first-order valence-electron chi connectivity index (χ1n) is 16.9. The fraction of sp³-hybridized carbons (Fsp3) is 0.543. The molecule has 10 heteroatoms. The van der Waals surface area contributed by atoms with Crippen molar-refractivity contribution < 1.29 is 9.53 Å². The van der Waals surface area contributed by atoms with E-state index in [9.17, 15) is 4.79 Å². The Balaban J connectivity index is 0.971. The van der Waals surface area contributed by atoms with Gasteiger partial charge in [-0.1, -0.05) is 12.1 Å². The summed E-state index contributed by atoms with van der Waals surface area (Å²) in [5.74, 6) is 2.12. The molecular formula is C35H44N8O2. The molecule has 6 saturated heterocycles. The molecule has 1 aromatic heterocycles. The van der Waals surface area contributed by atoms with E-state index in [1.807, 2.05) is 36.4 Å². The van der Waals surface area contributed by atoms with E-state index < -0.39 is 0 Å². The second-order valence-corrected chi connectivity index (χ2v) is 13.9. The number of ether oxygens (including phenoxy) is 1. The number of hydrogen-bond donors (Lipinski definition) is 2. The average Bonchev–Trinajstić information content (AvgIpc) is 3.60. The van der Waals surface area contributed by atoms with E-state index in [1.54, 1.807) is 0 Å². The topological polar surface area (TPSA) is 98.8 Å². The zero-order valence-electron chi connectivity index (χ0n) is 26.4.